The van der Waals surface area contributed by atoms with Gasteiger partial charge in [0.15, 0.2) is 0 Å². The topological polar surface area (TPSA) is 76.8 Å². The van der Waals surface area contributed by atoms with Crippen molar-refractivity contribution in [2.45, 2.75) is 31.9 Å². The average molecular weight is 408 g/mol. The third kappa shape index (κ3) is 3.06. The van der Waals surface area contributed by atoms with E-state index in [1.165, 1.54) is 6.33 Å². The maximum Gasteiger partial charge on any atom is 0.261 e. The van der Waals surface area contributed by atoms with Gasteiger partial charge >= 0.3 is 0 Å². The van der Waals surface area contributed by atoms with Gasteiger partial charge in [-0.15, -0.1) is 0 Å². The zero-order chi connectivity index (χ0) is 20.7. The lowest BCUT2D eigenvalue weighted by atomic mass is 10.1. The molecule has 0 N–H and O–H groups in total. The predicted octanol–water partition coefficient (Wildman–Crippen LogP) is 3.34. The molecule has 4 aromatic rings. The molecule has 4 heterocycles. The number of para-hydroxylation sites is 1. The number of hydrogen-bond acceptors (Lipinski definition) is 6. The number of aromatic nitrogens is 5. The summed E-state index contributed by atoms with van der Waals surface area (Å²) in [5, 5.41) is 1.16. The van der Waals surface area contributed by atoms with Crippen molar-refractivity contribution in [1.29, 1.82) is 0 Å². The van der Waals surface area contributed by atoms with Gasteiger partial charge < -0.3 is 4.90 Å². The summed E-state index contributed by atoms with van der Waals surface area (Å²) in [6, 6.07) is 8.34. The number of benzene rings is 1. The number of anilines is 1. The summed E-state index contributed by atoms with van der Waals surface area (Å²) in [7, 11) is 0. The smallest absolute Gasteiger partial charge is 0.261 e. The number of fused-ring (bicyclic) bond motifs is 2. The van der Waals surface area contributed by atoms with Crippen molar-refractivity contribution in [2.24, 2.45) is 0 Å². The van der Waals surface area contributed by atoms with E-state index >= 15 is 0 Å². The highest BCUT2D eigenvalue weighted by Gasteiger charge is 2.33. The molecule has 5 rings (SSSR count). The Morgan fingerprint density at radius 2 is 1.97 bits per heavy atom. The number of nitrogens with zero attached hydrogens (tertiary/aromatic N) is 6. The quantitative estimate of drug-likeness (QED) is 0.516. The summed E-state index contributed by atoms with van der Waals surface area (Å²) < 4.78 is 27.9. The summed E-state index contributed by atoms with van der Waals surface area (Å²) >= 11 is 0. The van der Waals surface area contributed by atoms with Gasteiger partial charge in [-0.1, -0.05) is 12.1 Å². The number of rotatable bonds is 4. The highest BCUT2D eigenvalue weighted by Crippen LogP contribution is 2.37. The molecule has 0 amide bonds. The van der Waals surface area contributed by atoms with Crippen LogP contribution in [0.25, 0.3) is 21.8 Å². The molecule has 0 aliphatic carbocycles. The predicted molar refractivity (Wildman–Crippen MR) is 109 cm³/mol. The monoisotopic (exact) mass is 408 g/mol. The van der Waals surface area contributed by atoms with Crippen LogP contribution in [-0.4, -0.2) is 37.5 Å². The number of pyridine rings is 1. The standard InChI is InChI=1S/C21H18F2N6O/c22-18(23)11-29-20(27-15-5-2-1-4-14(15)21(29)30)17-6-3-9-28(17)19-13-7-8-24-10-16(13)25-12-26-19/h1-2,4-5,7-8,10,12,17-18H,3,6,9,11H2. The van der Waals surface area contributed by atoms with E-state index in [0.717, 1.165) is 16.4 Å². The molecule has 1 aliphatic heterocycles. The van der Waals surface area contributed by atoms with E-state index in [-0.39, 0.29) is 6.04 Å². The molecular weight excluding hydrogens is 390 g/mol. The molecule has 9 heteroatoms. The molecule has 1 aliphatic rings. The Hall–Kier alpha value is -3.49. The fourth-order valence-corrected chi connectivity index (χ4v) is 4.16. The molecule has 0 radical (unpaired) electrons. The van der Waals surface area contributed by atoms with E-state index < -0.39 is 18.5 Å². The lowest BCUT2D eigenvalue weighted by Gasteiger charge is -2.28. The largest absolute Gasteiger partial charge is 0.346 e. The van der Waals surface area contributed by atoms with Crippen LogP contribution in [0.2, 0.25) is 0 Å². The molecule has 0 bridgehead atoms. The number of halogens is 2. The van der Waals surface area contributed by atoms with E-state index in [1.54, 1.807) is 36.7 Å². The SMILES string of the molecule is O=c1c2ccccc2nc(C2CCCN2c2ncnc3cnccc23)n1CC(F)F. The van der Waals surface area contributed by atoms with Gasteiger partial charge in [0.05, 0.1) is 35.2 Å². The Morgan fingerprint density at radius 1 is 1.10 bits per heavy atom. The van der Waals surface area contributed by atoms with Crippen LogP contribution < -0.4 is 10.5 Å². The van der Waals surface area contributed by atoms with Crippen LogP contribution in [0, 0.1) is 0 Å². The van der Waals surface area contributed by atoms with Gasteiger partial charge in [-0.2, -0.15) is 0 Å². The molecule has 0 spiro atoms. The molecule has 1 unspecified atom stereocenters. The van der Waals surface area contributed by atoms with E-state index in [4.69, 9.17) is 0 Å². The summed E-state index contributed by atoms with van der Waals surface area (Å²) in [5.74, 6) is 1.04. The summed E-state index contributed by atoms with van der Waals surface area (Å²) in [6.07, 6.45) is 3.65. The third-order valence-electron chi connectivity index (χ3n) is 5.45. The first-order chi connectivity index (χ1) is 14.6. The van der Waals surface area contributed by atoms with Crippen LogP contribution in [0.15, 0.2) is 53.8 Å². The Kier molecular flexibility index (Phi) is 4.57. The van der Waals surface area contributed by atoms with Crippen LogP contribution in [0.1, 0.15) is 24.7 Å². The first-order valence-corrected chi connectivity index (χ1v) is 9.72. The van der Waals surface area contributed by atoms with Crippen molar-refractivity contribution >= 4 is 27.6 Å². The van der Waals surface area contributed by atoms with Gasteiger partial charge in [0.25, 0.3) is 12.0 Å². The Morgan fingerprint density at radius 3 is 2.83 bits per heavy atom. The summed E-state index contributed by atoms with van der Waals surface area (Å²) in [6.45, 7) is -0.0126. The van der Waals surface area contributed by atoms with Gasteiger partial charge in [-0.3, -0.25) is 14.3 Å². The maximum atomic E-state index is 13.4. The van der Waals surface area contributed by atoms with Gasteiger partial charge in [0, 0.05) is 18.1 Å². The van der Waals surface area contributed by atoms with Crippen LogP contribution in [0.3, 0.4) is 0 Å². The van der Waals surface area contributed by atoms with Crippen LogP contribution >= 0.6 is 0 Å². The zero-order valence-corrected chi connectivity index (χ0v) is 15.9. The molecule has 152 valence electrons. The van der Waals surface area contributed by atoms with Gasteiger partial charge in [0.2, 0.25) is 0 Å². The molecule has 1 saturated heterocycles. The van der Waals surface area contributed by atoms with Crippen molar-refractivity contribution in [1.82, 2.24) is 24.5 Å². The first kappa shape index (κ1) is 18.5. The van der Waals surface area contributed by atoms with E-state index in [0.29, 0.717) is 41.0 Å². The Balaban J connectivity index is 1.69. The summed E-state index contributed by atoms with van der Waals surface area (Å²) in [5.41, 5.74) is 0.760. The van der Waals surface area contributed by atoms with E-state index in [1.807, 2.05) is 11.0 Å². The second kappa shape index (κ2) is 7.40. The normalized spacial score (nSPS) is 16.8. The van der Waals surface area contributed by atoms with Crippen molar-refractivity contribution in [3.05, 3.63) is 65.2 Å². The van der Waals surface area contributed by atoms with Gasteiger partial charge in [0.1, 0.15) is 18.0 Å². The second-order valence-corrected chi connectivity index (χ2v) is 7.24. The average Bonchev–Trinajstić information content (AvgIpc) is 3.24. The highest BCUT2D eigenvalue weighted by atomic mass is 19.3. The molecular formula is C21H18F2N6O. The molecule has 3 aromatic heterocycles. The Bertz CT molecular complexity index is 1290. The van der Waals surface area contributed by atoms with Crippen molar-refractivity contribution < 1.29 is 8.78 Å². The van der Waals surface area contributed by atoms with Gasteiger partial charge in [-0.25, -0.2) is 23.7 Å². The van der Waals surface area contributed by atoms with Gasteiger partial charge in [-0.05, 0) is 31.0 Å². The highest BCUT2D eigenvalue weighted by molar-refractivity contribution is 5.88. The van der Waals surface area contributed by atoms with Crippen LogP contribution in [0.5, 0.6) is 0 Å². The lowest BCUT2D eigenvalue weighted by Crippen LogP contribution is -2.34. The second-order valence-electron chi connectivity index (χ2n) is 7.24. The van der Waals surface area contributed by atoms with Crippen molar-refractivity contribution in [3.63, 3.8) is 0 Å². The molecule has 7 nitrogen and oxygen atoms in total. The molecule has 1 fully saturated rings. The minimum Gasteiger partial charge on any atom is -0.346 e. The Labute approximate surface area is 170 Å². The van der Waals surface area contributed by atoms with Crippen molar-refractivity contribution in [2.75, 3.05) is 11.4 Å². The molecule has 0 saturated carbocycles. The minimum absolute atomic E-state index is 0.338. The number of alkyl halides is 2. The van der Waals surface area contributed by atoms with E-state index in [2.05, 4.69) is 19.9 Å². The zero-order valence-electron chi connectivity index (χ0n) is 15.9. The lowest BCUT2D eigenvalue weighted by molar-refractivity contribution is 0.123. The molecule has 1 aromatic carbocycles. The minimum atomic E-state index is -2.66. The third-order valence-corrected chi connectivity index (χ3v) is 5.45. The van der Waals surface area contributed by atoms with Crippen LogP contribution in [-0.2, 0) is 6.54 Å². The van der Waals surface area contributed by atoms with Crippen LogP contribution in [0.4, 0.5) is 14.6 Å². The fraction of sp³-hybridized carbons (Fsp3) is 0.286. The maximum absolute atomic E-state index is 13.4. The molecule has 30 heavy (non-hydrogen) atoms. The first-order valence-electron chi connectivity index (χ1n) is 9.72. The molecule has 1 atom stereocenters. The van der Waals surface area contributed by atoms with E-state index in [9.17, 15) is 13.6 Å². The van der Waals surface area contributed by atoms with Crippen molar-refractivity contribution in [3.8, 4) is 0 Å². The number of hydrogen-bond donors (Lipinski definition) is 0. The summed E-state index contributed by atoms with van der Waals surface area (Å²) in [4.78, 5) is 32.5. The fourth-order valence-electron chi connectivity index (χ4n) is 4.16.